The minimum Gasteiger partial charge on any atom is -0.490 e. The number of carbonyl (C=O) groups excluding carboxylic acids is 4. The van der Waals surface area contributed by atoms with Gasteiger partial charge in [0, 0.05) is 45.6 Å². The largest absolute Gasteiger partial charge is 0.490 e. The maximum absolute atomic E-state index is 13.3. The molecule has 2 aromatic carbocycles. The standard InChI is InChI=1S/C33H44N4O6/c1-35(2)33(41)27-12-14-29(15-13-27)43-30-16-18-36(19-17-30)31(39)21-34-32(40)28(20-25-8-6-7-9-25)22-37(24-38)42-23-26-10-4-3-5-11-26/h3-5,10-15,24-25,28,30H,6-9,16-23H2,1-2H3,(H,34,40). The second-order valence-corrected chi connectivity index (χ2v) is 11.7. The lowest BCUT2D eigenvalue weighted by Gasteiger charge is -2.32. The minimum absolute atomic E-state index is 0.0324. The van der Waals surface area contributed by atoms with Gasteiger partial charge in [-0.05, 0) is 42.2 Å². The molecule has 0 spiro atoms. The number of ether oxygens (including phenoxy) is 1. The molecule has 0 radical (unpaired) electrons. The van der Waals surface area contributed by atoms with Crippen LogP contribution in [0, 0.1) is 11.8 Å². The van der Waals surface area contributed by atoms with Crippen LogP contribution in [0.25, 0.3) is 0 Å². The van der Waals surface area contributed by atoms with Crippen molar-refractivity contribution in [2.45, 2.75) is 57.7 Å². The normalized spacial score (nSPS) is 16.4. The Morgan fingerprint density at radius 3 is 2.28 bits per heavy atom. The number of nitrogens with one attached hydrogen (secondary N) is 1. The number of carbonyl (C=O) groups is 4. The number of hydrogen-bond donors (Lipinski definition) is 1. The fourth-order valence-corrected chi connectivity index (χ4v) is 5.76. The second-order valence-electron chi connectivity index (χ2n) is 11.7. The van der Waals surface area contributed by atoms with Crippen molar-refractivity contribution in [1.82, 2.24) is 20.2 Å². The van der Waals surface area contributed by atoms with Crippen molar-refractivity contribution in [3.05, 3.63) is 65.7 Å². The van der Waals surface area contributed by atoms with E-state index in [1.807, 2.05) is 30.3 Å². The van der Waals surface area contributed by atoms with Gasteiger partial charge < -0.3 is 19.9 Å². The molecule has 1 aliphatic heterocycles. The molecule has 43 heavy (non-hydrogen) atoms. The SMILES string of the molecule is CN(C)C(=O)c1ccc(OC2CCN(C(=O)CNC(=O)C(CC3CCCC3)CN(C=O)OCc3ccccc3)CC2)cc1. The number of amides is 4. The summed E-state index contributed by atoms with van der Waals surface area (Å²) in [6, 6.07) is 16.7. The zero-order chi connectivity index (χ0) is 30.6. The third-order valence-electron chi connectivity index (χ3n) is 8.24. The van der Waals surface area contributed by atoms with E-state index in [0.717, 1.165) is 31.2 Å². The molecule has 2 aliphatic rings. The van der Waals surface area contributed by atoms with Crippen LogP contribution in [0.5, 0.6) is 5.75 Å². The van der Waals surface area contributed by atoms with E-state index in [-0.39, 0.29) is 43.5 Å². The summed E-state index contributed by atoms with van der Waals surface area (Å²) >= 11 is 0. The van der Waals surface area contributed by atoms with Crippen LogP contribution in [-0.4, -0.2) is 85.4 Å². The van der Waals surface area contributed by atoms with Gasteiger partial charge in [0.05, 0.1) is 19.0 Å². The molecule has 1 heterocycles. The van der Waals surface area contributed by atoms with E-state index < -0.39 is 5.92 Å². The molecule has 1 atom stereocenters. The van der Waals surface area contributed by atoms with Crippen LogP contribution < -0.4 is 10.1 Å². The monoisotopic (exact) mass is 592 g/mol. The van der Waals surface area contributed by atoms with Crippen LogP contribution in [0.3, 0.4) is 0 Å². The van der Waals surface area contributed by atoms with E-state index in [4.69, 9.17) is 9.57 Å². The minimum atomic E-state index is -0.463. The van der Waals surface area contributed by atoms with Crippen LogP contribution in [0.2, 0.25) is 0 Å². The fourth-order valence-electron chi connectivity index (χ4n) is 5.76. The molecule has 0 bridgehead atoms. The number of nitrogens with zero attached hydrogens (tertiary/aromatic N) is 3. The van der Waals surface area contributed by atoms with E-state index in [1.165, 1.54) is 9.96 Å². The first kappa shape index (κ1) is 32.0. The summed E-state index contributed by atoms with van der Waals surface area (Å²) in [5.41, 5.74) is 1.53. The molecular weight excluding hydrogens is 548 g/mol. The molecule has 1 unspecified atom stereocenters. The van der Waals surface area contributed by atoms with Gasteiger partial charge >= 0.3 is 0 Å². The Balaban J connectivity index is 1.23. The highest BCUT2D eigenvalue weighted by molar-refractivity contribution is 5.94. The molecule has 232 valence electrons. The van der Waals surface area contributed by atoms with E-state index >= 15 is 0 Å². The predicted octanol–water partition coefficient (Wildman–Crippen LogP) is 3.66. The summed E-state index contributed by atoms with van der Waals surface area (Å²) in [7, 11) is 3.43. The highest BCUT2D eigenvalue weighted by atomic mass is 16.7. The van der Waals surface area contributed by atoms with Crippen molar-refractivity contribution >= 4 is 24.1 Å². The van der Waals surface area contributed by atoms with E-state index in [2.05, 4.69) is 5.32 Å². The smallest absolute Gasteiger partial charge is 0.253 e. The molecule has 10 nitrogen and oxygen atoms in total. The number of benzene rings is 2. The van der Waals surface area contributed by atoms with Crippen molar-refractivity contribution in [1.29, 1.82) is 0 Å². The van der Waals surface area contributed by atoms with E-state index in [9.17, 15) is 19.2 Å². The van der Waals surface area contributed by atoms with Gasteiger partial charge in [0.25, 0.3) is 5.91 Å². The zero-order valence-corrected chi connectivity index (χ0v) is 25.3. The summed E-state index contributed by atoms with van der Waals surface area (Å²) in [4.78, 5) is 59.1. The Hall–Kier alpha value is -3.92. The summed E-state index contributed by atoms with van der Waals surface area (Å²) in [5.74, 6) is 0.231. The summed E-state index contributed by atoms with van der Waals surface area (Å²) < 4.78 is 6.09. The van der Waals surface area contributed by atoms with E-state index in [0.29, 0.717) is 56.0 Å². The zero-order valence-electron chi connectivity index (χ0n) is 25.3. The van der Waals surface area contributed by atoms with Gasteiger partial charge in [0.1, 0.15) is 18.5 Å². The third kappa shape index (κ3) is 9.81. The van der Waals surface area contributed by atoms with Crippen molar-refractivity contribution in [3.8, 4) is 5.75 Å². The first-order chi connectivity index (χ1) is 20.8. The van der Waals surface area contributed by atoms with Gasteiger partial charge in [-0.3, -0.25) is 24.0 Å². The molecule has 10 heteroatoms. The van der Waals surface area contributed by atoms with Gasteiger partial charge in [0.15, 0.2) is 0 Å². The van der Waals surface area contributed by atoms with Gasteiger partial charge in [-0.1, -0.05) is 56.0 Å². The Kier molecular flexibility index (Phi) is 12.0. The topological polar surface area (TPSA) is 108 Å². The molecule has 4 amide bonds. The Bertz CT molecular complexity index is 1190. The molecule has 2 fully saturated rings. The Morgan fingerprint density at radius 1 is 0.977 bits per heavy atom. The van der Waals surface area contributed by atoms with Crippen LogP contribution in [0.4, 0.5) is 0 Å². The first-order valence-electron chi connectivity index (χ1n) is 15.2. The average Bonchev–Trinajstić information content (AvgIpc) is 3.55. The van der Waals surface area contributed by atoms with Gasteiger partial charge in [-0.15, -0.1) is 0 Å². The third-order valence-corrected chi connectivity index (χ3v) is 8.24. The Morgan fingerprint density at radius 2 is 1.65 bits per heavy atom. The fraction of sp³-hybridized carbons (Fsp3) is 0.515. The van der Waals surface area contributed by atoms with Crippen LogP contribution in [-0.2, 0) is 25.8 Å². The highest BCUT2D eigenvalue weighted by Crippen LogP contribution is 2.31. The number of piperidine rings is 1. The van der Waals surface area contributed by atoms with Crippen LogP contribution in [0.15, 0.2) is 54.6 Å². The molecule has 1 N–H and O–H groups in total. The number of hydroxylamine groups is 2. The highest BCUT2D eigenvalue weighted by Gasteiger charge is 2.29. The summed E-state index contributed by atoms with van der Waals surface area (Å²) in [5, 5.41) is 4.04. The lowest BCUT2D eigenvalue weighted by Crippen LogP contribution is -2.47. The maximum Gasteiger partial charge on any atom is 0.253 e. The van der Waals surface area contributed by atoms with Gasteiger partial charge in [-0.25, -0.2) is 5.06 Å². The van der Waals surface area contributed by atoms with Crippen LogP contribution in [0.1, 0.15) is 60.9 Å². The van der Waals surface area contributed by atoms with Crippen molar-refractivity contribution in [2.75, 3.05) is 40.3 Å². The van der Waals surface area contributed by atoms with Crippen LogP contribution >= 0.6 is 0 Å². The lowest BCUT2D eigenvalue weighted by molar-refractivity contribution is -0.182. The van der Waals surface area contributed by atoms with Gasteiger partial charge in [-0.2, -0.15) is 0 Å². The predicted molar refractivity (Wildman–Crippen MR) is 162 cm³/mol. The van der Waals surface area contributed by atoms with Gasteiger partial charge in [0.2, 0.25) is 18.2 Å². The number of hydrogen-bond acceptors (Lipinski definition) is 6. The maximum atomic E-state index is 13.3. The lowest BCUT2D eigenvalue weighted by atomic mass is 9.92. The van der Waals surface area contributed by atoms with Crippen molar-refractivity contribution < 1.29 is 28.8 Å². The van der Waals surface area contributed by atoms with Crippen molar-refractivity contribution in [2.24, 2.45) is 11.8 Å². The molecule has 4 rings (SSSR count). The number of rotatable bonds is 14. The molecular formula is C33H44N4O6. The second kappa shape index (κ2) is 16.1. The molecule has 0 aromatic heterocycles. The molecule has 1 aliphatic carbocycles. The molecule has 2 aromatic rings. The molecule has 1 saturated heterocycles. The summed E-state index contributed by atoms with van der Waals surface area (Å²) in [6.07, 6.45) is 7.05. The average molecular weight is 593 g/mol. The molecule has 1 saturated carbocycles. The van der Waals surface area contributed by atoms with E-state index in [1.54, 1.807) is 43.3 Å². The quantitative estimate of drug-likeness (QED) is 0.265. The van der Waals surface area contributed by atoms with Crippen molar-refractivity contribution in [3.63, 3.8) is 0 Å². The Labute approximate surface area is 254 Å². The summed E-state index contributed by atoms with van der Waals surface area (Å²) in [6.45, 7) is 1.36. The first-order valence-corrected chi connectivity index (χ1v) is 15.2. The number of likely N-dealkylation sites (tertiary alicyclic amines) is 1.